The van der Waals surface area contributed by atoms with Crippen molar-refractivity contribution < 1.29 is 73.4 Å². The third kappa shape index (κ3) is 14.0. The number of carboxylic acid groups (broad SMARTS) is 1. The number of aliphatic hydroxyl groups excluding tert-OH is 5. The van der Waals surface area contributed by atoms with Crippen LogP contribution in [0.2, 0.25) is 0 Å². The summed E-state index contributed by atoms with van der Waals surface area (Å²) in [5, 5.41) is 63.2. The third-order valence-electron chi connectivity index (χ3n) is 5.35. The lowest BCUT2D eigenvalue weighted by Gasteiger charge is -2.35. The highest BCUT2D eigenvalue weighted by Crippen LogP contribution is 2.23. The summed E-state index contributed by atoms with van der Waals surface area (Å²) in [7, 11) is 1.29. The molecule has 17 nitrogen and oxygen atoms in total. The van der Waals surface area contributed by atoms with E-state index in [9.17, 15) is 34.8 Å². The van der Waals surface area contributed by atoms with Gasteiger partial charge in [-0.15, -0.1) is 0 Å². The Morgan fingerprint density at radius 3 is 2.12 bits per heavy atom. The number of carbonyl (C=O) groups is 3. The molecule has 8 N–H and O–H groups in total. The van der Waals surface area contributed by atoms with Crippen LogP contribution in [0.15, 0.2) is 0 Å². The summed E-state index contributed by atoms with van der Waals surface area (Å²) < 4.78 is 31.8. The molecule has 7 atom stereocenters. The van der Waals surface area contributed by atoms with Crippen LogP contribution in [0.5, 0.6) is 0 Å². The molecule has 0 fully saturated rings. The molecule has 2 amide bonds. The fourth-order valence-corrected chi connectivity index (χ4v) is 3.28. The molecule has 236 valence electrons. The molecular weight excluding hydrogens is 544 g/mol. The number of aliphatic hydroxyl groups is 5. The first kappa shape index (κ1) is 38.0. The fraction of sp³-hybridized carbons (Fsp3) is 0.870. The topological polar surface area (TPSA) is 252 Å². The molecule has 0 bridgehead atoms. The van der Waals surface area contributed by atoms with Gasteiger partial charge in [0, 0.05) is 33.9 Å². The van der Waals surface area contributed by atoms with Crippen molar-refractivity contribution in [2.45, 2.75) is 69.7 Å². The van der Waals surface area contributed by atoms with Gasteiger partial charge < -0.3 is 69.7 Å². The van der Waals surface area contributed by atoms with E-state index in [-0.39, 0.29) is 52.8 Å². The van der Waals surface area contributed by atoms with E-state index in [4.69, 9.17) is 38.6 Å². The molecule has 0 aromatic carbocycles. The highest BCUT2D eigenvalue weighted by Gasteiger charge is 2.44. The molecule has 0 spiro atoms. The van der Waals surface area contributed by atoms with Crippen molar-refractivity contribution in [1.82, 2.24) is 10.6 Å². The van der Waals surface area contributed by atoms with Crippen LogP contribution in [0.25, 0.3) is 0 Å². The molecule has 17 heteroatoms. The van der Waals surface area contributed by atoms with Gasteiger partial charge in [0.2, 0.25) is 11.8 Å². The Labute approximate surface area is 232 Å². The normalized spacial score (nSPS) is 17.6. The Kier molecular flexibility index (Phi) is 19.7. The van der Waals surface area contributed by atoms with Crippen molar-refractivity contribution in [3.8, 4) is 0 Å². The molecule has 0 aliphatic rings. The highest BCUT2D eigenvalue weighted by atomic mass is 16.7. The number of aliphatic carboxylic acids is 1. The van der Waals surface area contributed by atoms with Crippen molar-refractivity contribution in [3.05, 3.63) is 0 Å². The van der Waals surface area contributed by atoms with E-state index in [1.165, 1.54) is 27.9 Å². The lowest BCUT2D eigenvalue weighted by molar-refractivity contribution is -0.279. The van der Waals surface area contributed by atoms with Gasteiger partial charge in [-0.25, -0.2) is 4.79 Å². The van der Waals surface area contributed by atoms with Crippen LogP contribution in [-0.2, 0) is 42.8 Å². The quantitative estimate of drug-likeness (QED) is 0.0398. The second kappa shape index (κ2) is 20.8. The third-order valence-corrected chi connectivity index (χ3v) is 5.35. The number of rotatable bonds is 24. The Balaban J connectivity index is 4.98. The van der Waals surface area contributed by atoms with Gasteiger partial charge in [-0.3, -0.25) is 9.59 Å². The predicted octanol–water partition coefficient (Wildman–Crippen LogP) is -3.73. The van der Waals surface area contributed by atoms with Gasteiger partial charge in [-0.2, -0.15) is 0 Å². The average molecular weight is 589 g/mol. The minimum absolute atomic E-state index is 0.0977. The van der Waals surface area contributed by atoms with Gasteiger partial charge in [0.15, 0.2) is 6.29 Å². The maximum Gasteiger partial charge on any atom is 0.364 e. The Morgan fingerprint density at radius 1 is 0.950 bits per heavy atom. The summed E-state index contributed by atoms with van der Waals surface area (Å²) in [5.74, 6) is -4.82. The van der Waals surface area contributed by atoms with Crippen LogP contribution >= 0.6 is 0 Å². The van der Waals surface area contributed by atoms with Crippen LogP contribution in [0.4, 0.5) is 0 Å². The van der Waals surface area contributed by atoms with Crippen LogP contribution in [-0.4, -0.2) is 151 Å². The molecule has 0 saturated heterocycles. The summed E-state index contributed by atoms with van der Waals surface area (Å²) in [5.41, 5.74) is 0. The van der Waals surface area contributed by atoms with E-state index in [0.29, 0.717) is 0 Å². The van der Waals surface area contributed by atoms with Crippen LogP contribution in [0.1, 0.15) is 27.2 Å². The van der Waals surface area contributed by atoms with Gasteiger partial charge in [-0.05, 0) is 0 Å². The molecule has 0 rings (SSSR count). The van der Waals surface area contributed by atoms with Crippen molar-refractivity contribution in [1.29, 1.82) is 0 Å². The second-order valence-electron chi connectivity index (χ2n) is 8.48. The highest BCUT2D eigenvalue weighted by molar-refractivity contribution is 5.75. The maximum atomic E-state index is 12.0. The van der Waals surface area contributed by atoms with Crippen LogP contribution in [0, 0.1) is 0 Å². The summed E-state index contributed by atoms with van der Waals surface area (Å²) in [4.78, 5) is 34.8. The Morgan fingerprint density at radius 2 is 1.62 bits per heavy atom. The number of carboxylic acids is 1. The molecule has 0 aromatic rings. The van der Waals surface area contributed by atoms with Gasteiger partial charge in [-0.1, -0.05) is 6.92 Å². The standard InChI is InChI=1S/C23H44N2O15/c1-5-23(22(33)34,40-18(10-24-14(2)28)20(32)16(30)11-27)39-9-8-36-13-37-12-17(31)19(25-15(3)29)21(35-4)38-7-6-26/h16-21,26-27,30-32H,5-13H2,1-4H3,(H,24,28)(H,25,29)(H,33,34)/t16-,17?,18?,19?,20-,21-,23-/m1/s1. The van der Waals surface area contributed by atoms with Crippen molar-refractivity contribution in [2.24, 2.45) is 0 Å². The minimum Gasteiger partial charge on any atom is -0.477 e. The molecule has 40 heavy (non-hydrogen) atoms. The van der Waals surface area contributed by atoms with Crippen molar-refractivity contribution in [2.75, 3.05) is 60.1 Å². The lowest BCUT2D eigenvalue weighted by atomic mass is 10.1. The van der Waals surface area contributed by atoms with Gasteiger partial charge in [0.1, 0.15) is 37.3 Å². The number of amides is 2. The Bertz CT molecular complexity index is 730. The summed E-state index contributed by atoms with van der Waals surface area (Å²) in [6.45, 7) is 1.04. The second-order valence-corrected chi connectivity index (χ2v) is 8.48. The monoisotopic (exact) mass is 588 g/mol. The molecule has 0 heterocycles. The van der Waals surface area contributed by atoms with Crippen molar-refractivity contribution in [3.63, 3.8) is 0 Å². The zero-order valence-corrected chi connectivity index (χ0v) is 23.2. The zero-order chi connectivity index (χ0) is 30.7. The van der Waals surface area contributed by atoms with Gasteiger partial charge >= 0.3 is 5.97 Å². The SMILES string of the molecule is CC[C@@](OCCOCOCC(O)C(NC(C)=O)[C@H](OC)OCCO)(OC(CNC(C)=O)[C@H](O)[C@H](O)CO)C(=O)O. The van der Waals surface area contributed by atoms with Crippen molar-refractivity contribution >= 4 is 17.8 Å². The van der Waals surface area contributed by atoms with E-state index in [2.05, 4.69) is 10.6 Å². The fourth-order valence-electron chi connectivity index (χ4n) is 3.28. The summed E-state index contributed by atoms with van der Waals surface area (Å²) in [6.07, 6.45) is -7.50. The number of carbonyl (C=O) groups excluding carboxylic acids is 2. The van der Waals surface area contributed by atoms with Gasteiger partial charge in [0.25, 0.3) is 5.79 Å². The molecular formula is C23H44N2O15. The summed E-state index contributed by atoms with van der Waals surface area (Å²) in [6, 6.07) is -1.03. The minimum atomic E-state index is -2.30. The molecule has 0 aliphatic carbocycles. The van der Waals surface area contributed by atoms with Gasteiger partial charge in [0.05, 0.1) is 39.6 Å². The number of ether oxygens (including phenoxy) is 6. The van der Waals surface area contributed by atoms with E-state index in [1.54, 1.807) is 0 Å². The van der Waals surface area contributed by atoms with E-state index in [1.807, 2.05) is 0 Å². The first-order valence-electron chi connectivity index (χ1n) is 12.5. The number of nitrogens with one attached hydrogen (secondary N) is 2. The Hall–Kier alpha value is -2.03. The molecule has 3 unspecified atom stereocenters. The molecule has 0 saturated carbocycles. The summed E-state index contributed by atoms with van der Waals surface area (Å²) >= 11 is 0. The average Bonchev–Trinajstić information content (AvgIpc) is 2.91. The van der Waals surface area contributed by atoms with Crippen LogP contribution in [0.3, 0.4) is 0 Å². The number of hydrogen-bond donors (Lipinski definition) is 8. The zero-order valence-electron chi connectivity index (χ0n) is 23.2. The number of methoxy groups -OCH3 is 1. The smallest absolute Gasteiger partial charge is 0.364 e. The molecule has 0 radical (unpaired) electrons. The molecule has 0 aliphatic heterocycles. The first-order chi connectivity index (χ1) is 18.9. The predicted molar refractivity (Wildman–Crippen MR) is 133 cm³/mol. The lowest BCUT2D eigenvalue weighted by Crippen LogP contribution is -2.55. The van der Waals surface area contributed by atoms with Crippen LogP contribution < -0.4 is 10.6 Å². The van der Waals surface area contributed by atoms with E-state index < -0.39 is 66.9 Å². The first-order valence-corrected chi connectivity index (χ1v) is 12.5. The number of hydrogen-bond acceptors (Lipinski definition) is 14. The van der Waals surface area contributed by atoms with E-state index in [0.717, 1.165) is 0 Å². The largest absolute Gasteiger partial charge is 0.477 e. The molecule has 0 aromatic heterocycles. The van der Waals surface area contributed by atoms with E-state index >= 15 is 0 Å². The maximum absolute atomic E-state index is 12.0.